The number of hydrogen-bond donors (Lipinski definition) is 1. The largest absolute Gasteiger partial charge is 0.496 e. The highest BCUT2D eigenvalue weighted by Gasteiger charge is 2.27. The van der Waals surface area contributed by atoms with Crippen molar-refractivity contribution in [2.24, 2.45) is 14.1 Å². The number of imidazole rings is 1. The molecule has 5 aromatic rings. The van der Waals surface area contributed by atoms with E-state index in [1.54, 1.807) is 59.7 Å². The Kier molecular flexibility index (Phi) is 5.04. The van der Waals surface area contributed by atoms with Gasteiger partial charge in [0, 0.05) is 56.7 Å². The lowest BCUT2D eigenvalue weighted by atomic mass is 10.1. The highest BCUT2D eigenvalue weighted by molar-refractivity contribution is 5.91. The summed E-state index contributed by atoms with van der Waals surface area (Å²) in [6.07, 6.45) is 5.41. The number of nitrogens with zero attached hydrogens (tertiary/aromatic N) is 8. The highest BCUT2D eigenvalue weighted by atomic mass is 16.5. The summed E-state index contributed by atoms with van der Waals surface area (Å²) in [5.74, 6) is 1.91. The molecule has 6 heterocycles. The van der Waals surface area contributed by atoms with Crippen molar-refractivity contribution >= 4 is 27.8 Å². The van der Waals surface area contributed by atoms with Gasteiger partial charge < -0.3 is 14.7 Å². The SMILES string of the molecule is COc1ccncc1-c1cc2c(cnn2-c2cc3c(c(N4CC[C@H](O)C4)n2)n(C)c(=O)n3C)c(C)n1. The van der Waals surface area contributed by atoms with E-state index in [0.29, 0.717) is 42.6 Å². The van der Waals surface area contributed by atoms with Crippen molar-refractivity contribution in [3.63, 3.8) is 0 Å². The number of fused-ring (bicyclic) bond motifs is 2. The lowest BCUT2D eigenvalue weighted by molar-refractivity contribution is 0.198. The molecule has 0 aliphatic carbocycles. The number of aryl methyl sites for hydroxylation is 3. The third kappa shape index (κ3) is 3.27. The van der Waals surface area contributed by atoms with Crippen LogP contribution in [0.25, 0.3) is 39.0 Å². The Morgan fingerprint density at radius 2 is 1.94 bits per heavy atom. The fourth-order valence-electron chi connectivity index (χ4n) is 5.01. The van der Waals surface area contributed by atoms with Crippen LogP contribution >= 0.6 is 0 Å². The first-order valence-electron chi connectivity index (χ1n) is 11.7. The van der Waals surface area contributed by atoms with Gasteiger partial charge in [0.1, 0.15) is 11.3 Å². The Morgan fingerprint density at radius 1 is 1.11 bits per heavy atom. The van der Waals surface area contributed by atoms with E-state index < -0.39 is 6.10 Å². The van der Waals surface area contributed by atoms with Crippen molar-refractivity contribution in [2.75, 3.05) is 25.1 Å². The van der Waals surface area contributed by atoms with Crippen molar-refractivity contribution in [1.29, 1.82) is 0 Å². The van der Waals surface area contributed by atoms with Crippen molar-refractivity contribution < 1.29 is 9.84 Å². The second-order valence-corrected chi connectivity index (χ2v) is 9.12. The molecule has 0 radical (unpaired) electrons. The summed E-state index contributed by atoms with van der Waals surface area (Å²) in [6.45, 7) is 3.06. The molecule has 0 bridgehead atoms. The molecular formula is C25H26N8O3. The van der Waals surface area contributed by atoms with Gasteiger partial charge in [-0.05, 0) is 25.5 Å². The first-order chi connectivity index (χ1) is 17.4. The number of rotatable bonds is 4. The fourth-order valence-corrected chi connectivity index (χ4v) is 5.01. The van der Waals surface area contributed by atoms with Gasteiger partial charge in [-0.25, -0.2) is 14.5 Å². The Bertz CT molecular complexity index is 1700. The maximum absolute atomic E-state index is 12.8. The number of hydrogen-bond acceptors (Lipinski definition) is 8. The van der Waals surface area contributed by atoms with Crippen molar-refractivity contribution in [1.82, 2.24) is 33.9 Å². The van der Waals surface area contributed by atoms with Crippen LogP contribution in [0.3, 0.4) is 0 Å². The highest BCUT2D eigenvalue weighted by Crippen LogP contribution is 2.33. The van der Waals surface area contributed by atoms with Crippen LogP contribution < -0.4 is 15.3 Å². The minimum absolute atomic E-state index is 0.138. The van der Waals surface area contributed by atoms with Gasteiger partial charge in [-0.1, -0.05) is 0 Å². The van der Waals surface area contributed by atoms with E-state index in [4.69, 9.17) is 14.7 Å². The number of ether oxygens (including phenoxy) is 1. The standard InChI is InChI=1S/C25H26N8O3/c1-14-16-12-27-33(19(16)9-18(28-14)17-11-26-7-5-21(17)36-4)22-10-20-23(31(3)25(35)30(20)2)24(29-22)32-8-6-15(34)13-32/h5,7,9-12,15,34H,6,8,13H2,1-4H3/t15-/m0/s1. The predicted molar refractivity (Wildman–Crippen MR) is 136 cm³/mol. The van der Waals surface area contributed by atoms with Crippen LogP contribution in [0.4, 0.5) is 5.82 Å². The molecule has 1 atom stereocenters. The minimum atomic E-state index is -0.428. The van der Waals surface area contributed by atoms with Crippen LogP contribution in [0, 0.1) is 6.92 Å². The van der Waals surface area contributed by atoms with Crippen LogP contribution in [-0.4, -0.2) is 65.3 Å². The molecule has 11 nitrogen and oxygen atoms in total. The minimum Gasteiger partial charge on any atom is -0.496 e. The smallest absolute Gasteiger partial charge is 0.328 e. The summed E-state index contributed by atoms with van der Waals surface area (Å²) in [5, 5.41) is 15.7. The number of aliphatic hydroxyl groups is 1. The maximum atomic E-state index is 12.8. The molecule has 1 aliphatic heterocycles. The van der Waals surface area contributed by atoms with E-state index in [-0.39, 0.29) is 5.69 Å². The van der Waals surface area contributed by atoms with Gasteiger partial charge in [0.2, 0.25) is 0 Å². The number of aromatic nitrogens is 7. The number of pyridine rings is 3. The van der Waals surface area contributed by atoms with Gasteiger partial charge in [0.25, 0.3) is 0 Å². The zero-order chi connectivity index (χ0) is 25.1. The van der Waals surface area contributed by atoms with Gasteiger partial charge in [0.05, 0.1) is 41.7 Å². The molecule has 0 amide bonds. The Hall–Kier alpha value is -4.25. The fraction of sp³-hybridized carbons (Fsp3) is 0.320. The predicted octanol–water partition coefficient (Wildman–Crippen LogP) is 1.96. The zero-order valence-electron chi connectivity index (χ0n) is 20.5. The number of anilines is 1. The zero-order valence-corrected chi connectivity index (χ0v) is 20.5. The number of methoxy groups -OCH3 is 1. The maximum Gasteiger partial charge on any atom is 0.328 e. The molecule has 184 valence electrons. The van der Waals surface area contributed by atoms with E-state index in [2.05, 4.69) is 10.1 Å². The normalized spacial score (nSPS) is 15.9. The van der Waals surface area contributed by atoms with E-state index in [0.717, 1.165) is 33.2 Å². The van der Waals surface area contributed by atoms with Crippen molar-refractivity contribution in [3.05, 3.63) is 53.0 Å². The van der Waals surface area contributed by atoms with Crippen molar-refractivity contribution in [2.45, 2.75) is 19.4 Å². The molecule has 0 spiro atoms. The monoisotopic (exact) mass is 486 g/mol. The molecule has 0 saturated carbocycles. The van der Waals surface area contributed by atoms with E-state index >= 15 is 0 Å². The second kappa shape index (κ2) is 8.16. The quantitative estimate of drug-likeness (QED) is 0.410. The first kappa shape index (κ1) is 22.2. The molecular weight excluding hydrogens is 460 g/mol. The molecule has 1 N–H and O–H groups in total. The molecule has 36 heavy (non-hydrogen) atoms. The Morgan fingerprint density at radius 3 is 2.69 bits per heavy atom. The molecule has 5 aromatic heterocycles. The average molecular weight is 487 g/mol. The molecule has 1 aliphatic rings. The first-order valence-corrected chi connectivity index (χ1v) is 11.7. The molecule has 1 saturated heterocycles. The molecule has 6 rings (SSSR count). The summed E-state index contributed by atoms with van der Waals surface area (Å²) >= 11 is 0. The van der Waals surface area contributed by atoms with Crippen LogP contribution in [0.15, 0.2) is 41.6 Å². The lowest BCUT2D eigenvalue weighted by Crippen LogP contribution is -2.24. The van der Waals surface area contributed by atoms with Gasteiger partial charge >= 0.3 is 5.69 Å². The van der Waals surface area contributed by atoms with E-state index in [9.17, 15) is 9.90 Å². The average Bonchev–Trinajstić information content (AvgIpc) is 3.57. The Balaban J connectivity index is 1.60. The molecule has 11 heteroatoms. The summed E-state index contributed by atoms with van der Waals surface area (Å²) in [6, 6.07) is 5.62. The van der Waals surface area contributed by atoms with Gasteiger partial charge in [-0.15, -0.1) is 0 Å². The van der Waals surface area contributed by atoms with Crippen molar-refractivity contribution in [3.8, 4) is 22.8 Å². The molecule has 0 unspecified atom stereocenters. The molecule has 1 fully saturated rings. The molecule has 0 aromatic carbocycles. The summed E-state index contributed by atoms with van der Waals surface area (Å²) in [7, 11) is 5.11. The van der Waals surface area contributed by atoms with Gasteiger partial charge in [-0.2, -0.15) is 5.10 Å². The summed E-state index contributed by atoms with van der Waals surface area (Å²) in [4.78, 5) is 28.8. The van der Waals surface area contributed by atoms with Crippen LogP contribution in [-0.2, 0) is 14.1 Å². The number of β-amino-alcohol motifs (C(OH)–C–C–N with tert-alkyl or cyclic N) is 1. The lowest BCUT2D eigenvalue weighted by Gasteiger charge is -2.19. The second-order valence-electron chi connectivity index (χ2n) is 9.12. The van der Waals surface area contributed by atoms with Gasteiger partial charge in [-0.3, -0.25) is 19.1 Å². The van der Waals surface area contributed by atoms with Gasteiger partial charge in [0.15, 0.2) is 11.6 Å². The topological polar surface area (TPSA) is 116 Å². The van der Waals surface area contributed by atoms with E-state index in [1.165, 1.54) is 0 Å². The third-order valence-electron chi connectivity index (χ3n) is 6.93. The third-order valence-corrected chi connectivity index (χ3v) is 6.93. The van der Waals surface area contributed by atoms with Crippen LogP contribution in [0.1, 0.15) is 12.1 Å². The van der Waals surface area contributed by atoms with Crippen LogP contribution in [0.5, 0.6) is 5.75 Å². The summed E-state index contributed by atoms with van der Waals surface area (Å²) < 4.78 is 10.5. The van der Waals surface area contributed by atoms with E-state index in [1.807, 2.05) is 24.0 Å². The number of aliphatic hydroxyl groups excluding tert-OH is 1. The summed E-state index contributed by atoms with van der Waals surface area (Å²) in [5.41, 5.74) is 4.46. The Labute approximate surface area is 206 Å². The van der Waals surface area contributed by atoms with Crippen LogP contribution in [0.2, 0.25) is 0 Å².